The van der Waals surface area contributed by atoms with Crippen LogP contribution in [0.3, 0.4) is 0 Å². The summed E-state index contributed by atoms with van der Waals surface area (Å²) in [6.45, 7) is 1.93. The van der Waals surface area contributed by atoms with Gasteiger partial charge in [-0.25, -0.2) is 14.5 Å². The van der Waals surface area contributed by atoms with Crippen LogP contribution in [-0.2, 0) is 0 Å². The molecule has 0 bridgehead atoms. The Morgan fingerprint density at radius 2 is 2.17 bits per heavy atom. The standard InChI is InChI=1S/C12H11N5O/c1-8-3-2-4-9(13)12(8)18-11-5-10-14-6-16-17(10)7-15-11/h2-7H,13H2,1H3. The van der Waals surface area contributed by atoms with Crippen LogP contribution in [0.25, 0.3) is 5.65 Å². The molecule has 0 amide bonds. The van der Waals surface area contributed by atoms with Crippen molar-refractivity contribution in [1.29, 1.82) is 0 Å². The van der Waals surface area contributed by atoms with Gasteiger partial charge in [-0.2, -0.15) is 5.10 Å². The maximum absolute atomic E-state index is 5.88. The molecule has 2 aromatic heterocycles. The van der Waals surface area contributed by atoms with Gasteiger partial charge in [0.15, 0.2) is 11.4 Å². The lowest BCUT2D eigenvalue weighted by molar-refractivity contribution is 0.460. The summed E-state index contributed by atoms with van der Waals surface area (Å²) in [5.41, 5.74) is 8.09. The molecule has 6 nitrogen and oxygen atoms in total. The number of hydrogen-bond acceptors (Lipinski definition) is 5. The molecule has 18 heavy (non-hydrogen) atoms. The van der Waals surface area contributed by atoms with Crippen molar-refractivity contribution in [1.82, 2.24) is 19.6 Å². The molecule has 3 rings (SSSR count). The van der Waals surface area contributed by atoms with Crippen LogP contribution in [0.2, 0.25) is 0 Å². The highest BCUT2D eigenvalue weighted by atomic mass is 16.5. The second-order valence-electron chi connectivity index (χ2n) is 3.89. The Kier molecular flexibility index (Phi) is 2.33. The summed E-state index contributed by atoms with van der Waals surface area (Å²) in [5, 5.41) is 3.96. The largest absolute Gasteiger partial charge is 0.436 e. The fraction of sp³-hybridized carbons (Fsp3) is 0.0833. The van der Waals surface area contributed by atoms with Gasteiger partial charge < -0.3 is 10.5 Å². The number of aromatic nitrogens is 4. The average Bonchev–Trinajstić information content (AvgIpc) is 2.81. The smallest absolute Gasteiger partial charge is 0.224 e. The van der Waals surface area contributed by atoms with Crippen molar-refractivity contribution in [3.05, 3.63) is 42.5 Å². The predicted molar refractivity (Wildman–Crippen MR) is 66.4 cm³/mol. The van der Waals surface area contributed by atoms with E-state index in [4.69, 9.17) is 10.5 Å². The molecule has 0 aliphatic carbocycles. The summed E-state index contributed by atoms with van der Waals surface area (Å²) >= 11 is 0. The van der Waals surface area contributed by atoms with E-state index >= 15 is 0 Å². The zero-order valence-corrected chi connectivity index (χ0v) is 9.74. The van der Waals surface area contributed by atoms with Gasteiger partial charge in [0, 0.05) is 6.07 Å². The first kappa shape index (κ1) is 10.5. The number of benzene rings is 1. The van der Waals surface area contributed by atoms with E-state index in [1.807, 2.05) is 19.1 Å². The third kappa shape index (κ3) is 1.73. The number of rotatable bonds is 2. The summed E-state index contributed by atoms with van der Waals surface area (Å²) in [6.07, 6.45) is 3.01. The molecule has 0 aliphatic heterocycles. The van der Waals surface area contributed by atoms with Gasteiger partial charge in [-0.15, -0.1) is 0 Å². The second kappa shape index (κ2) is 3.99. The van der Waals surface area contributed by atoms with Crippen molar-refractivity contribution in [2.24, 2.45) is 0 Å². The third-order valence-electron chi connectivity index (χ3n) is 2.60. The zero-order chi connectivity index (χ0) is 12.5. The minimum atomic E-state index is 0.441. The number of para-hydroxylation sites is 1. The molecule has 0 fully saturated rings. The first-order valence-electron chi connectivity index (χ1n) is 5.42. The molecule has 3 aromatic rings. The Bertz CT molecular complexity index is 686. The van der Waals surface area contributed by atoms with Crippen molar-refractivity contribution in [2.45, 2.75) is 6.92 Å². The summed E-state index contributed by atoms with van der Waals surface area (Å²) in [5.74, 6) is 1.06. The number of ether oxygens (including phenoxy) is 1. The molecule has 90 valence electrons. The molecule has 0 atom stereocenters. The van der Waals surface area contributed by atoms with Gasteiger partial charge in [0.25, 0.3) is 0 Å². The maximum atomic E-state index is 5.88. The minimum absolute atomic E-state index is 0.441. The second-order valence-corrected chi connectivity index (χ2v) is 3.89. The number of hydrogen-bond donors (Lipinski definition) is 1. The first-order valence-corrected chi connectivity index (χ1v) is 5.42. The van der Waals surface area contributed by atoms with E-state index < -0.39 is 0 Å². The van der Waals surface area contributed by atoms with E-state index in [0.717, 1.165) is 5.56 Å². The summed E-state index contributed by atoms with van der Waals surface area (Å²) in [6, 6.07) is 7.31. The van der Waals surface area contributed by atoms with E-state index in [0.29, 0.717) is 23.0 Å². The van der Waals surface area contributed by atoms with Crippen molar-refractivity contribution in [2.75, 3.05) is 5.73 Å². The number of anilines is 1. The van der Waals surface area contributed by atoms with E-state index in [1.54, 1.807) is 23.0 Å². The van der Waals surface area contributed by atoms with Gasteiger partial charge in [-0.3, -0.25) is 0 Å². The van der Waals surface area contributed by atoms with Gasteiger partial charge in [0.2, 0.25) is 5.88 Å². The van der Waals surface area contributed by atoms with Crippen molar-refractivity contribution in [3.8, 4) is 11.6 Å². The minimum Gasteiger partial charge on any atom is -0.436 e. The van der Waals surface area contributed by atoms with Crippen LogP contribution < -0.4 is 10.5 Å². The van der Waals surface area contributed by atoms with Crippen molar-refractivity contribution < 1.29 is 4.74 Å². The Hall–Kier alpha value is -2.63. The molecule has 2 heterocycles. The number of nitrogens with zero attached hydrogens (tertiary/aromatic N) is 4. The van der Waals surface area contributed by atoms with Crippen LogP contribution >= 0.6 is 0 Å². The van der Waals surface area contributed by atoms with Crippen LogP contribution in [0.5, 0.6) is 11.6 Å². The zero-order valence-electron chi connectivity index (χ0n) is 9.74. The topological polar surface area (TPSA) is 78.3 Å². The Balaban J connectivity index is 2.00. The summed E-state index contributed by atoms with van der Waals surface area (Å²) in [4.78, 5) is 8.21. The van der Waals surface area contributed by atoms with E-state index in [9.17, 15) is 0 Å². The van der Waals surface area contributed by atoms with Crippen molar-refractivity contribution in [3.63, 3.8) is 0 Å². The fourth-order valence-corrected chi connectivity index (χ4v) is 1.69. The predicted octanol–water partition coefficient (Wildman–Crippen LogP) is 1.81. The maximum Gasteiger partial charge on any atom is 0.224 e. The molecule has 0 aliphatic rings. The van der Waals surface area contributed by atoms with Crippen LogP contribution in [0.4, 0.5) is 5.69 Å². The molecule has 0 radical (unpaired) electrons. The van der Waals surface area contributed by atoms with Gasteiger partial charge in [-0.05, 0) is 18.6 Å². The molecule has 1 aromatic carbocycles. The number of nitrogen functional groups attached to an aromatic ring is 1. The molecule has 0 spiro atoms. The Morgan fingerprint density at radius 3 is 3.00 bits per heavy atom. The van der Waals surface area contributed by atoms with Gasteiger partial charge in [0.05, 0.1) is 5.69 Å². The summed E-state index contributed by atoms with van der Waals surface area (Å²) < 4.78 is 7.26. The quantitative estimate of drug-likeness (QED) is 0.692. The number of aryl methyl sites for hydroxylation is 1. The fourth-order valence-electron chi connectivity index (χ4n) is 1.69. The van der Waals surface area contributed by atoms with Gasteiger partial charge >= 0.3 is 0 Å². The van der Waals surface area contributed by atoms with E-state index in [2.05, 4.69) is 15.1 Å². The lowest BCUT2D eigenvalue weighted by Crippen LogP contribution is -1.97. The molecular weight excluding hydrogens is 230 g/mol. The van der Waals surface area contributed by atoms with E-state index in [-0.39, 0.29) is 0 Å². The SMILES string of the molecule is Cc1cccc(N)c1Oc1cc2ncnn2cn1. The monoisotopic (exact) mass is 241 g/mol. The molecule has 0 unspecified atom stereocenters. The number of nitrogens with two attached hydrogens (primary N) is 1. The molecule has 0 saturated heterocycles. The third-order valence-corrected chi connectivity index (χ3v) is 2.60. The lowest BCUT2D eigenvalue weighted by atomic mass is 10.2. The summed E-state index contributed by atoms with van der Waals surface area (Å²) in [7, 11) is 0. The van der Waals surface area contributed by atoms with Crippen LogP contribution in [0.1, 0.15) is 5.56 Å². The average molecular weight is 241 g/mol. The van der Waals surface area contributed by atoms with Crippen molar-refractivity contribution >= 4 is 11.3 Å². The molecule has 6 heteroatoms. The lowest BCUT2D eigenvalue weighted by Gasteiger charge is -2.09. The van der Waals surface area contributed by atoms with Gasteiger partial charge in [0.1, 0.15) is 12.7 Å². The molecule has 0 saturated carbocycles. The highest BCUT2D eigenvalue weighted by Crippen LogP contribution is 2.29. The number of fused-ring (bicyclic) bond motifs is 1. The normalized spacial score (nSPS) is 10.7. The van der Waals surface area contributed by atoms with Gasteiger partial charge in [-0.1, -0.05) is 12.1 Å². The van der Waals surface area contributed by atoms with Crippen LogP contribution in [-0.4, -0.2) is 19.6 Å². The van der Waals surface area contributed by atoms with Crippen LogP contribution in [0, 0.1) is 6.92 Å². The van der Waals surface area contributed by atoms with Crippen LogP contribution in [0.15, 0.2) is 36.9 Å². The Labute approximate surface area is 103 Å². The Morgan fingerprint density at radius 1 is 1.28 bits per heavy atom. The molecular formula is C12H11N5O. The highest BCUT2D eigenvalue weighted by molar-refractivity contribution is 5.57. The first-order chi connectivity index (χ1) is 8.74. The van der Waals surface area contributed by atoms with E-state index in [1.165, 1.54) is 6.33 Å². The molecule has 2 N–H and O–H groups in total. The highest BCUT2D eigenvalue weighted by Gasteiger charge is 2.07.